The van der Waals surface area contributed by atoms with Gasteiger partial charge < -0.3 is 10.1 Å². The van der Waals surface area contributed by atoms with Crippen molar-refractivity contribution >= 4 is 45.8 Å². The van der Waals surface area contributed by atoms with Crippen molar-refractivity contribution in [2.75, 3.05) is 5.32 Å². The zero-order valence-electron chi connectivity index (χ0n) is 15.8. The van der Waals surface area contributed by atoms with E-state index in [4.69, 9.17) is 16.3 Å². The van der Waals surface area contributed by atoms with E-state index in [-0.39, 0.29) is 11.3 Å². The molecule has 0 aliphatic carbocycles. The van der Waals surface area contributed by atoms with Crippen LogP contribution in [0.1, 0.15) is 23.0 Å². The third-order valence-electron chi connectivity index (χ3n) is 4.25. The first-order valence-corrected chi connectivity index (χ1v) is 9.06. The molecule has 0 fully saturated rings. The van der Waals surface area contributed by atoms with Gasteiger partial charge in [-0.3, -0.25) is 19.9 Å². The largest absolute Gasteiger partial charge is 0.449 e. The molecule has 154 valence electrons. The normalized spacial score (nSPS) is 11.7. The fourth-order valence-corrected chi connectivity index (χ4v) is 2.88. The number of ether oxygens (including phenoxy) is 1. The highest BCUT2D eigenvalue weighted by Gasteiger charge is 2.22. The van der Waals surface area contributed by atoms with E-state index in [2.05, 4.69) is 10.3 Å². The van der Waals surface area contributed by atoms with Crippen LogP contribution in [0.4, 0.5) is 15.8 Å². The van der Waals surface area contributed by atoms with E-state index in [1.807, 2.05) is 0 Å². The number of nitrogens with zero attached hydrogens (tertiary/aromatic N) is 2. The molecular formula is C20H15ClFN3O5. The number of hydrogen-bond donors (Lipinski definition) is 1. The van der Waals surface area contributed by atoms with E-state index in [1.165, 1.54) is 6.92 Å². The number of anilines is 1. The molecule has 8 nitrogen and oxygen atoms in total. The second-order valence-corrected chi connectivity index (χ2v) is 6.85. The molecule has 0 saturated carbocycles. The Labute approximate surface area is 174 Å². The second kappa shape index (κ2) is 8.42. The molecule has 3 aromatic rings. The lowest BCUT2D eigenvalue weighted by Crippen LogP contribution is -2.30. The van der Waals surface area contributed by atoms with Gasteiger partial charge in [0.05, 0.1) is 21.7 Å². The van der Waals surface area contributed by atoms with E-state index in [0.717, 1.165) is 18.2 Å². The summed E-state index contributed by atoms with van der Waals surface area (Å²) in [6, 6.07) is 9.52. The van der Waals surface area contributed by atoms with Gasteiger partial charge >= 0.3 is 11.7 Å². The number of hydrogen-bond acceptors (Lipinski definition) is 6. The lowest BCUT2D eigenvalue weighted by atomic mass is 10.1. The van der Waals surface area contributed by atoms with E-state index in [0.29, 0.717) is 21.6 Å². The number of carbonyl (C=O) groups is 2. The summed E-state index contributed by atoms with van der Waals surface area (Å²) < 4.78 is 18.6. The Morgan fingerprint density at radius 2 is 1.97 bits per heavy atom. The summed E-state index contributed by atoms with van der Waals surface area (Å²) in [4.78, 5) is 39.1. The predicted octanol–water partition coefficient (Wildman–Crippen LogP) is 4.43. The Kier molecular flexibility index (Phi) is 5.93. The highest BCUT2D eigenvalue weighted by atomic mass is 35.5. The van der Waals surface area contributed by atoms with Crippen molar-refractivity contribution in [3.05, 3.63) is 74.7 Å². The fourth-order valence-electron chi connectivity index (χ4n) is 2.70. The molecule has 0 bridgehead atoms. The van der Waals surface area contributed by atoms with Gasteiger partial charge in [0.2, 0.25) is 5.82 Å². The number of amides is 1. The van der Waals surface area contributed by atoms with Crippen LogP contribution in [-0.2, 0) is 9.53 Å². The van der Waals surface area contributed by atoms with Crippen LogP contribution in [0.5, 0.6) is 0 Å². The number of carbonyl (C=O) groups excluding carboxylic acids is 2. The highest BCUT2D eigenvalue weighted by molar-refractivity contribution is 6.31. The molecule has 30 heavy (non-hydrogen) atoms. The van der Waals surface area contributed by atoms with Gasteiger partial charge in [-0.05, 0) is 50.2 Å². The van der Waals surface area contributed by atoms with E-state index >= 15 is 0 Å². The molecule has 1 unspecified atom stereocenters. The van der Waals surface area contributed by atoms with Crippen molar-refractivity contribution in [3.63, 3.8) is 0 Å². The van der Waals surface area contributed by atoms with Crippen molar-refractivity contribution in [2.45, 2.75) is 20.0 Å². The number of pyridine rings is 1. The molecule has 1 heterocycles. The number of nitro benzene ring substituents is 1. The summed E-state index contributed by atoms with van der Waals surface area (Å²) in [6.07, 6.45) is -1.23. The Bertz CT molecular complexity index is 1180. The first-order valence-electron chi connectivity index (χ1n) is 8.68. The number of rotatable bonds is 5. The van der Waals surface area contributed by atoms with Crippen molar-refractivity contribution in [2.24, 2.45) is 0 Å². The number of benzene rings is 2. The van der Waals surface area contributed by atoms with Crippen LogP contribution in [-0.4, -0.2) is 27.9 Å². The van der Waals surface area contributed by atoms with Crippen LogP contribution < -0.4 is 5.32 Å². The summed E-state index contributed by atoms with van der Waals surface area (Å²) in [7, 11) is 0. The standard InChI is InChI=1S/C20H15ClFN3O5/c1-10-15(8-12-7-13(21)3-6-17(12)23-10)20(27)30-11(2)19(26)24-14-4-5-16(22)18(9-14)25(28)29/h3-9,11H,1-2H3,(H,24,26). The Morgan fingerprint density at radius 1 is 1.23 bits per heavy atom. The van der Waals surface area contributed by atoms with E-state index in [1.54, 1.807) is 31.2 Å². The van der Waals surface area contributed by atoms with Gasteiger partial charge in [0.15, 0.2) is 6.10 Å². The van der Waals surface area contributed by atoms with Gasteiger partial charge in [-0.25, -0.2) is 4.79 Å². The van der Waals surface area contributed by atoms with Crippen LogP contribution in [0.15, 0.2) is 42.5 Å². The Balaban J connectivity index is 1.74. The lowest BCUT2D eigenvalue weighted by Gasteiger charge is -2.14. The molecule has 0 radical (unpaired) electrons. The van der Waals surface area contributed by atoms with Gasteiger partial charge in [0, 0.05) is 22.2 Å². The molecule has 1 amide bonds. The highest BCUT2D eigenvalue weighted by Crippen LogP contribution is 2.23. The summed E-state index contributed by atoms with van der Waals surface area (Å²) in [5.41, 5.74) is 0.443. The van der Waals surface area contributed by atoms with Crippen LogP contribution in [0.3, 0.4) is 0 Å². The molecule has 10 heteroatoms. The van der Waals surface area contributed by atoms with Crippen LogP contribution in [0.2, 0.25) is 5.02 Å². The van der Waals surface area contributed by atoms with Crippen molar-refractivity contribution in [3.8, 4) is 0 Å². The molecular weight excluding hydrogens is 417 g/mol. The minimum Gasteiger partial charge on any atom is -0.449 e. The van der Waals surface area contributed by atoms with E-state index < -0.39 is 34.4 Å². The molecule has 0 aliphatic heterocycles. The lowest BCUT2D eigenvalue weighted by molar-refractivity contribution is -0.387. The number of nitro groups is 1. The second-order valence-electron chi connectivity index (χ2n) is 6.42. The topological polar surface area (TPSA) is 111 Å². The van der Waals surface area contributed by atoms with Crippen molar-refractivity contribution in [1.29, 1.82) is 0 Å². The van der Waals surface area contributed by atoms with Gasteiger partial charge in [-0.1, -0.05) is 11.6 Å². The molecule has 2 aromatic carbocycles. The maximum atomic E-state index is 13.4. The molecule has 1 aromatic heterocycles. The zero-order valence-corrected chi connectivity index (χ0v) is 16.6. The van der Waals surface area contributed by atoms with Crippen LogP contribution in [0.25, 0.3) is 10.9 Å². The SMILES string of the molecule is Cc1nc2ccc(Cl)cc2cc1C(=O)OC(C)C(=O)Nc1ccc(F)c([N+](=O)[O-])c1. The smallest absolute Gasteiger partial charge is 0.340 e. The van der Waals surface area contributed by atoms with Crippen molar-refractivity contribution < 1.29 is 23.6 Å². The predicted molar refractivity (Wildman–Crippen MR) is 108 cm³/mol. The molecule has 0 spiro atoms. The first-order chi connectivity index (χ1) is 14.2. The number of aryl methyl sites for hydroxylation is 1. The van der Waals surface area contributed by atoms with Crippen LogP contribution >= 0.6 is 11.6 Å². The summed E-state index contributed by atoms with van der Waals surface area (Å²) in [5, 5.41) is 14.3. The number of aromatic nitrogens is 1. The minimum atomic E-state index is -1.23. The van der Waals surface area contributed by atoms with Gasteiger partial charge in [-0.15, -0.1) is 0 Å². The first kappa shape index (κ1) is 21.1. The number of esters is 1. The van der Waals surface area contributed by atoms with Gasteiger partial charge in [-0.2, -0.15) is 4.39 Å². The van der Waals surface area contributed by atoms with Crippen molar-refractivity contribution in [1.82, 2.24) is 4.98 Å². The Hall–Kier alpha value is -3.59. The molecule has 0 aliphatic rings. The van der Waals surface area contributed by atoms with Gasteiger partial charge in [0.1, 0.15) is 0 Å². The number of fused-ring (bicyclic) bond motifs is 1. The summed E-state index contributed by atoms with van der Waals surface area (Å²) in [6.45, 7) is 2.97. The van der Waals surface area contributed by atoms with E-state index in [9.17, 15) is 24.1 Å². The molecule has 1 N–H and O–H groups in total. The summed E-state index contributed by atoms with van der Waals surface area (Å²) in [5.74, 6) is -2.54. The third-order valence-corrected chi connectivity index (χ3v) is 4.49. The van der Waals surface area contributed by atoms with Gasteiger partial charge in [0.25, 0.3) is 5.91 Å². The average Bonchev–Trinajstić information content (AvgIpc) is 2.68. The molecule has 0 saturated heterocycles. The monoisotopic (exact) mass is 431 g/mol. The quantitative estimate of drug-likeness (QED) is 0.363. The minimum absolute atomic E-state index is 0.00538. The number of nitrogens with one attached hydrogen (secondary N) is 1. The average molecular weight is 432 g/mol. The Morgan fingerprint density at radius 3 is 2.67 bits per heavy atom. The third kappa shape index (κ3) is 4.52. The maximum absolute atomic E-state index is 13.4. The van der Waals surface area contributed by atoms with Crippen LogP contribution in [0, 0.1) is 22.9 Å². The molecule has 3 rings (SSSR count). The maximum Gasteiger partial charge on any atom is 0.340 e. The summed E-state index contributed by atoms with van der Waals surface area (Å²) >= 11 is 5.97. The molecule has 1 atom stereocenters. The number of halogens is 2. The fraction of sp³-hybridized carbons (Fsp3) is 0.150. The zero-order chi connectivity index (χ0) is 22.0.